The first kappa shape index (κ1) is 9.97. The standard InChI is InChI=1S/C11H18N2OS/c14-10(13-3-5-15-6-4-13)9-7-11(9)1-2-12-8-11/h9,12H,1-8H2. The lowest BCUT2D eigenvalue weighted by atomic mass is 10.0. The van der Waals surface area contributed by atoms with E-state index in [-0.39, 0.29) is 0 Å². The molecule has 2 aliphatic heterocycles. The van der Waals surface area contributed by atoms with Gasteiger partial charge in [-0.15, -0.1) is 0 Å². The maximum absolute atomic E-state index is 12.2. The average Bonchev–Trinajstić information content (AvgIpc) is 2.77. The van der Waals surface area contributed by atoms with Crippen molar-refractivity contribution < 1.29 is 4.79 Å². The number of hydrogen-bond donors (Lipinski definition) is 1. The second-order valence-electron chi connectivity index (χ2n) is 4.98. The van der Waals surface area contributed by atoms with Crippen LogP contribution in [0.15, 0.2) is 0 Å². The van der Waals surface area contributed by atoms with Gasteiger partial charge in [0.2, 0.25) is 5.91 Å². The van der Waals surface area contributed by atoms with Gasteiger partial charge in [0, 0.05) is 37.1 Å². The zero-order valence-electron chi connectivity index (χ0n) is 9.00. The van der Waals surface area contributed by atoms with Gasteiger partial charge in [0.1, 0.15) is 0 Å². The van der Waals surface area contributed by atoms with Gasteiger partial charge in [0.15, 0.2) is 0 Å². The zero-order chi connectivity index (χ0) is 10.3. The Balaban J connectivity index is 1.61. The Bertz CT molecular complexity index is 270. The normalized spacial score (nSPS) is 39.7. The van der Waals surface area contributed by atoms with Crippen molar-refractivity contribution in [3.05, 3.63) is 0 Å². The van der Waals surface area contributed by atoms with E-state index in [1.165, 1.54) is 6.42 Å². The Morgan fingerprint density at radius 2 is 2.20 bits per heavy atom. The monoisotopic (exact) mass is 226 g/mol. The highest BCUT2D eigenvalue weighted by Crippen LogP contribution is 2.57. The lowest BCUT2D eigenvalue weighted by Gasteiger charge is -2.27. The Morgan fingerprint density at radius 3 is 2.87 bits per heavy atom. The van der Waals surface area contributed by atoms with Crippen LogP contribution < -0.4 is 5.32 Å². The molecular weight excluding hydrogens is 208 g/mol. The Hall–Kier alpha value is -0.220. The average molecular weight is 226 g/mol. The summed E-state index contributed by atoms with van der Waals surface area (Å²) < 4.78 is 0. The van der Waals surface area contributed by atoms with Gasteiger partial charge >= 0.3 is 0 Å². The second-order valence-corrected chi connectivity index (χ2v) is 6.21. The summed E-state index contributed by atoms with van der Waals surface area (Å²) in [5.41, 5.74) is 0.377. The molecule has 84 valence electrons. The third-order valence-electron chi connectivity index (χ3n) is 4.09. The summed E-state index contributed by atoms with van der Waals surface area (Å²) in [6, 6.07) is 0. The fourth-order valence-corrected chi connectivity index (χ4v) is 3.84. The van der Waals surface area contributed by atoms with Gasteiger partial charge in [-0.3, -0.25) is 4.79 Å². The van der Waals surface area contributed by atoms with E-state index in [0.29, 0.717) is 17.2 Å². The molecule has 1 spiro atoms. The predicted molar refractivity (Wildman–Crippen MR) is 61.9 cm³/mol. The molecule has 0 aromatic rings. The van der Waals surface area contributed by atoms with Crippen molar-refractivity contribution in [3.63, 3.8) is 0 Å². The summed E-state index contributed by atoms with van der Waals surface area (Å²) in [5, 5.41) is 3.39. The number of amides is 1. The van der Waals surface area contributed by atoms with E-state index in [4.69, 9.17) is 0 Å². The maximum Gasteiger partial charge on any atom is 0.226 e. The first-order chi connectivity index (χ1) is 7.32. The lowest BCUT2D eigenvalue weighted by Crippen LogP contribution is -2.40. The van der Waals surface area contributed by atoms with Gasteiger partial charge in [-0.05, 0) is 24.8 Å². The van der Waals surface area contributed by atoms with E-state index in [1.807, 2.05) is 11.8 Å². The number of nitrogens with one attached hydrogen (secondary N) is 1. The molecule has 3 aliphatic rings. The number of nitrogens with zero attached hydrogens (tertiary/aromatic N) is 1. The second kappa shape index (κ2) is 3.67. The van der Waals surface area contributed by atoms with Crippen molar-refractivity contribution in [1.82, 2.24) is 10.2 Å². The number of thioether (sulfide) groups is 1. The largest absolute Gasteiger partial charge is 0.341 e. The molecule has 3 fully saturated rings. The molecule has 1 N–H and O–H groups in total. The molecular formula is C11H18N2OS. The topological polar surface area (TPSA) is 32.3 Å². The van der Waals surface area contributed by atoms with Gasteiger partial charge in [-0.25, -0.2) is 0 Å². The molecule has 3 nitrogen and oxygen atoms in total. The van der Waals surface area contributed by atoms with Crippen LogP contribution in [0, 0.1) is 11.3 Å². The van der Waals surface area contributed by atoms with Crippen molar-refractivity contribution in [3.8, 4) is 0 Å². The Labute approximate surface area is 95.0 Å². The summed E-state index contributed by atoms with van der Waals surface area (Å²) in [6.07, 6.45) is 2.36. The number of carbonyl (C=O) groups is 1. The first-order valence-corrected chi connectivity index (χ1v) is 7.05. The maximum atomic E-state index is 12.2. The molecule has 15 heavy (non-hydrogen) atoms. The van der Waals surface area contributed by atoms with Crippen LogP contribution in [0.1, 0.15) is 12.8 Å². The quantitative estimate of drug-likeness (QED) is 0.709. The molecule has 0 aromatic heterocycles. The molecule has 0 aromatic carbocycles. The Morgan fingerprint density at radius 1 is 1.40 bits per heavy atom. The highest BCUT2D eigenvalue weighted by Gasteiger charge is 2.59. The predicted octanol–water partition coefficient (Wildman–Crippen LogP) is 0.561. The van der Waals surface area contributed by atoms with E-state index in [2.05, 4.69) is 10.2 Å². The van der Waals surface area contributed by atoms with Crippen LogP contribution in [0.5, 0.6) is 0 Å². The van der Waals surface area contributed by atoms with Gasteiger partial charge in [0.05, 0.1) is 0 Å². The van der Waals surface area contributed by atoms with E-state index in [9.17, 15) is 4.79 Å². The van der Waals surface area contributed by atoms with Crippen LogP contribution >= 0.6 is 11.8 Å². The molecule has 2 unspecified atom stereocenters. The highest BCUT2D eigenvalue weighted by molar-refractivity contribution is 7.99. The molecule has 4 heteroatoms. The van der Waals surface area contributed by atoms with Gasteiger partial charge in [-0.2, -0.15) is 11.8 Å². The molecule has 2 atom stereocenters. The van der Waals surface area contributed by atoms with Gasteiger partial charge in [0.25, 0.3) is 0 Å². The van der Waals surface area contributed by atoms with E-state index in [1.54, 1.807) is 0 Å². The number of rotatable bonds is 1. The fourth-order valence-electron chi connectivity index (χ4n) is 2.94. The van der Waals surface area contributed by atoms with Crippen LogP contribution in [-0.4, -0.2) is 48.5 Å². The lowest BCUT2D eigenvalue weighted by molar-refractivity contribution is -0.133. The van der Waals surface area contributed by atoms with Crippen LogP contribution in [0.25, 0.3) is 0 Å². The minimum atomic E-state index is 0.357. The first-order valence-electron chi connectivity index (χ1n) is 5.89. The van der Waals surface area contributed by atoms with Crippen molar-refractivity contribution in [2.45, 2.75) is 12.8 Å². The molecule has 2 heterocycles. The van der Waals surface area contributed by atoms with Gasteiger partial charge < -0.3 is 10.2 Å². The minimum Gasteiger partial charge on any atom is -0.341 e. The fraction of sp³-hybridized carbons (Fsp3) is 0.909. The SMILES string of the molecule is O=C(C1CC12CCNC2)N1CCSCC1. The highest BCUT2D eigenvalue weighted by atomic mass is 32.2. The molecule has 1 saturated carbocycles. The van der Waals surface area contributed by atoms with Crippen molar-refractivity contribution >= 4 is 17.7 Å². The van der Waals surface area contributed by atoms with Gasteiger partial charge in [-0.1, -0.05) is 0 Å². The minimum absolute atomic E-state index is 0.357. The van der Waals surface area contributed by atoms with Crippen LogP contribution in [-0.2, 0) is 4.79 Å². The summed E-state index contributed by atoms with van der Waals surface area (Å²) in [6.45, 7) is 4.14. The van der Waals surface area contributed by atoms with Crippen molar-refractivity contribution in [2.75, 3.05) is 37.7 Å². The third-order valence-corrected chi connectivity index (χ3v) is 5.03. The Kier molecular flexibility index (Phi) is 2.44. The van der Waals surface area contributed by atoms with Crippen LogP contribution in [0.3, 0.4) is 0 Å². The molecule has 1 amide bonds. The third kappa shape index (κ3) is 1.68. The number of hydrogen-bond acceptors (Lipinski definition) is 3. The summed E-state index contributed by atoms with van der Waals surface area (Å²) in [7, 11) is 0. The summed E-state index contributed by atoms with van der Waals surface area (Å²) in [5.74, 6) is 3.06. The molecule has 0 radical (unpaired) electrons. The zero-order valence-corrected chi connectivity index (χ0v) is 9.81. The van der Waals surface area contributed by atoms with E-state index < -0.39 is 0 Å². The molecule has 2 saturated heterocycles. The molecule has 3 rings (SSSR count). The van der Waals surface area contributed by atoms with E-state index in [0.717, 1.165) is 44.1 Å². The summed E-state index contributed by atoms with van der Waals surface area (Å²) >= 11 is 1.97. The van der Waals surface area contributed by atoms with Crippen LogP contribution in [0.2, 0.25) is 0 Å². The van der Waals surface area contributed by atoms with Crippen molar-refractivity contribution in [1.29, 1.82) is 0 Å². The van der Waals surface area contributed by atoms with E-state index >= 15 is 0 Å². The summed E-state index contributed by atoms with van der Waals surface area (Å²) in [4.78, 5) is 14.3. The van der Waals surface area contributed by atoms with Crippen molar-refractivity contribution in [2.24, 2.45) is 11.3 Å². The molecule has 0 bridgehead atoms. The number of carbonyl (C=O) groups excluding carboxylic acids is 1. The molecule has 1 aliphatic carbocycles. The smallest absolute Gasteiger partial charge is 0.226 e. The van der Waals surface area contributed by atoms with Crippen LogP contribution in [0.4, 0.5) is 0 Å².